The van der Waals surface area contributed by atoms with Gasteiger partial charge in [0.25, 0.3) is 0 Å². The molecule has 0 atom stereocenters. The maximum absolute atomic E-state index is 5.20. The summed E-state index contributed by atoms with van der Waals surface area (Å²) < 4.78 is 4.52. The molecule has 0 unspecified atom stereocenters. The second-order valence-corrected chi connectivity index (χ2v) is 11.4. The first-order chi connectivity index (χ1) is 22.2. The lowest BCUT2D eigenvalue weighted by Crippen LogP contribution is -2.07. The van der Waals surface area contributed by atoms with E-state index in [0.29, 0.717) is 17.6 Å². The fraction of sp³-hybridized carbons (Fsp3) is 0.0250. The highest BCUT2D eigenvalue weighted by molar-refractivity contribution is 6.23. The first-order valence-corrected chi connectivity index (χ1v) is 15.1. The van der Waals surface area contributed by atoms with Gasteiger partial charge in [-0.1, -0.05) is 133 Å². The second-order valence-electron chi connectivity index (χ2n) is 11.4. The summed E-state index contributed by atoms with van der Waals surface area (Å²) in [7, 11) is 2.15. The Bertz CT molecular complexity index is 2530. The molecule has 0 amide bonds. The smallest absolute Gasteiger partial charge is 0.238 e. The van der Waals surface area contributed by atoms with E-state index >= 15 is 0 Å². The maximum Gasteiger partial charge on any atom is 0.238 e. The van der Waals surface area contributed by atoms with Gasteiger partial charge in [-0.2, -0.15) is 9.97 Å². The van der Waals surface area contributed by atoms with Gasteiger partial charge in [0.05, 0.1) is 16.6 Å². The Morgan fingerprint density at radius 2 is 0.844 bits per heavy atom. The molecular formula is C40H27N5. The van der Waals surface area contributed by atoms with Crippen molar-refractivity contribution in [2.45, 2.75) is 0 Å². The molecule has 5 nitrogen and oxygen atoms in total. The quantitative estimate of drug-likeness (QED) is 0.209. The molecule has 0 aliphatic heterocycles. The van der Waals surface area contributed by atoms with Crippen molar-refractivity contribution >= 4 is 43.6 Å². The molecule has 212 valence electrons. The van der Waals surface area contributed by atoms with Crippen LogP contribution in [0, 0.1) is 0 Å². The van der Waals surface area contributed by atoms with E-state index in [1.54, 1.807) is 0 Å². The molecular weight excluding hydrogens is 550 g/mol. The van der Waals surface area contributed by atoms with E-state index in [-0.39, 0.29) is 0 Å². The van der Waals surface area contributed by atoms with Crippen molar-refractivity contribution in [3.05, 3.63) is 146 Å². The zero-order valence-electron chi connectivity index (χ0n) is 24.6. The maximum atomic E-state index is 5.20. The summed E-state index contributed by atoms with van der Waals surface area (Å²) in [5.41, 5.74) is 8.69. The van der Waals surface area contributed by atoms with E-state index < -0.39 is 0 Å². The van der Waals surface area contributed by atoms with Crippen LogP contribution in [-0.4, -0.2) is 24.1 Å². The number of aromatic nitrogens is 5. The summed E-state index contributed by atoms with van der Waals surface area (Å²) in [5, 5.41) is 4.77. The van der Waals surface area contributed by atoms with Gasteiger partial charge in [0, 0.05) is 45.2 Å². The zero-order valence-corrected chi connectivity index (χ0v) is 24.6. The third-order valence-corrected chi connectivity index (χ3v) is 8.81. The predicted molar refractivity (Wildman–Crippen MR) is 184 cm³/mol. The molecule has 0 aliphatic rings. The Hall–Kier alpha value is -6.07. The van der Waals surface area contributed by atoms with Crippen LogP contribution >= 0.6 is 0 Å². The summed E-state index contributed by atoms with van der Waals surface area (Å²) in [6, 6.07) is 50.6. The van der Waals surface area contributed by atoms with Crippen LogP contribution in [-0.2, 0) is 7.05 Å². The van der Waals surface area contributed by atoms with Gasteiger partial charge in [0.1, 0.15) is 0 Å². The van der Waals surface area contributed by atoms with E-state index in [4.69, 9.17) is 15.0 Å². The number of hydrogen-bond acceptors (Lipinski definition) is 3. The van der Waals surface area contributed by atoms with Crippen molar-refractivity contribution < 1.29 is 0 Å². The molecule has 5 heteroatoms. The number of rotatable bonds is 4. The van der Waals surface area contributed by atoms with Crippen LogP contribution in [0.5, 0.6) is 0 Å². The minimum Gasteiger partial charge on any atom is -0.342 e. The molecule has 0 fully saturated rings. The van der Waals surface area contributed by atoms with Crippen LogP contribution in [0.2, 0.25) is 0 Å². The predicted octanol–water partition coefficient (Wildman–Crippen LogP) is 9.61. The topological polar surface area (TPSA) is 48.5 Å². The number of fused-ring (bicyclic) bond motifs is 7. The van der Waals surface area contributed by atoms with Crippen LogP contribution in [0.25, 0.3) is 83.5 Å². The van der Waals surface area contributed by atoms with Gasteiger partial charge in [-0.15, -0.1) is 0 Å². The van der Waals surface area contributed by atoms with Crippen molar-refractivity contribution in [1.82, 2.24) is 24.1 Å². The Labute approximate surface area is 259 Å². The SMILES string of the molecule is Cn1c2ccccc2c2ccc3c4ccccc4n(-c4nc(-c5ccccc5)nc(-c5ccc(-c6ccccc6)cc5)n4)c3c21. The monoisotopic (exact) mass is 577 g/mol. The third kappa shape index (κ3) is 3.98. The van der Waals surface area contributed by atoms with Gasteiger partial charge < -0.3 is 4.57 Å². The molecule has 3 heterocycles. The van der Waals surface area contributed by atoms with E-state index in [1.165, 1.54) is 27.2 Å². The Kier molecular flexibility index (Phi) is 5.65. The van der Waals surface area contributed by atoms with E-state index in [1.807, 2.05) is 24.3 Å². The molecule has 0 bridgehead atoms. The van der Waals surface area contributed by atoms with Gasteiger partial charge in [-0.05, 0) is 23.3 Å². The Morgan fingerprint density at radius 1 is 0.378 bits per heavy atom. The molecule has 0 aliphatic carbocycles. The second kappa shape index (κ2) is 10.00. The lowest BCUT2D eigenvalue weighted by Gasteiger charge is -2.12. The summed E-state index contributed by atoms with van der Waals surface area (Å²) in [6.07, 6.45) is 0. The minimum atomic E-state index is 0.593. The standard InChI is InChI=1S/C40H27N5/c1-44-34-18-10-8-16-30(34)32-24-25-33-31-17-9-11-19-35(31)45(37(33)36(32)44)40-42-38(28-14-6-3-7-15-28)41-39(43-40)29-22-20-27(21-23-29)26-12-4-2-5-13-26/h2-25H,1H3. The highest BCUT2D eigenvalue weighted by Crippen LogP contribution is 2.39. The molecule has 0 saturated carbocycles. The minimum absolute atomic E-state index is 0.593. The van der Waals surface area contributed by atoms with Crippen LogP contribution in [0.1, 0.15) is 0 Å². The van der Waals surface area contributed by atoms with Gasteiger partial charge in [-0.25, -0.2) is 4.98 Å². The third-order valence-electron chi connectivity index (χ3n) is 8.81. The molecule has 45 heavy (non-hydrogen) atoms. The van der Waals surface area contributed by atoms with Gasteiger partial charge in [-0.3, -0.25) is 4.57 Å². The summed E-state index contributed by atoms with van der Waals surface area (Å²) in [4.78, 5) is 15.4. The van der Waals surface area contributed by atoms with Gasteiger partial charge in [0.15, 0.2) is 11.6 Å². The molecule has 9 aromatic rings. The van der Waals surface area contributed by atoms with E-state index in [2.05, 4.69) is 138 Å². The summed E-state index contributed by atoms with van der Waals surface area (Å²) in [6.45, 7) is 0. The summed E-state index contributed by atoms with van der Waals surface area (Å²) in [5.74, 6) is 1.86. The molecule has 0 radical (unpaired) electrons. The van der Waals surface area contributed by atoms with Crippen molar-refractivity contribution in [3.63, 3.8) is 0 Å². The Morgan fingerprint density at radius 3 is 1.51 bits per heavy atom. The molecule has 6 aromatic carbocycles. The van der Waals surface area contributed by atoms with Gasteiger partial charge in [0.2, 0.25) is 5.95 Å². The van der Waals surface area contributed by atoms with Crippen molar-refractivity contribution in [3.8, 4) is 39.9 Å². The lowest BCUT2D eigenvalue weighted by atomic mass is 10.0. The average Bonchev–Trinajstić information content (AvgIpc) is 3.61. The fourth-order valence-electron chi connectivity index (χ4n) is 6.67. The summed E-state index contributed by atoms with van der Waals surface area (Å²) >= 11 is 0. The van der Waals surface area contributed by atoms with Crippen LogP contribution in [0.3, 0.4) is 0 Å². The molecule has 0 spiro atoms. The fourth-order valence-corrected chi connectivity index (χ4v) is 6.67. The number of nitrogens with zero attached hydrogens (tertiary/aromatic N) is 5. The average molecular weight is 578 g/mol. The molecule has 9 rings (SSSR count). The van der Waals surface area contributed by atoms with Crippen LogP contribution in [0.15, 0.2) is 146 Å². The van der Waals surface area contributed by atoms with Crippen LogP contribution in [0.4, 0.5) is 0 Å². The number of benzene rings is 6. The molecule has 0 saturated heterocycles. The number of hydrogen-bond donors (Lipinski definition) is 0. The first-order valence-electron chi connectivity index (χ1n) is 15.1. The highest BCUT2D eigenvalue weighted by atomic mass is 15.2. The normalized spacial score (nSPS) is 11.7. The van der Waals surface area contributed by atoms with Crippen molar-refractivity contribution in [2.75, 3.05) is 0 Å². The van der Waals surface area contributed by atoms with E-state index in [0.717, 1.165) is 38.6 Å². The largest absolute Gasteiger partial charge is 0.342 e. The molecule has 0 N–H and O–H groups in total. The van der Waals surface area contributed by atoms with Crippen LogP contribution < -0.4 is 0 Å². The zero-order chi connectivity index (χ0) is 29.9. The molecule has 3 aromatic heterocycles. The van der Waals surface area contributed by atoms with E-state index in [9.17, 15) is 0 Å². The van der Waals surface area contributed by atoms with Crippen molar-refractivity contribution in [2.24, 2.45) is 7.05 Å². The Balaban J connectivity index is 1.35. The van der Waals surface area contributed by atoms with Gasteiger partial charge >= 0.3 is 0 Å². The first kappa shape index (κ1) is 25.4. The van der Waals surface area contributed by atoms with Crippen molar-refractivity contribution in [1.29, 1.82) is 0 Å². The highest BCUT2D eigenvalue weighted by Gasteiger charge is 2.22. The number of para-hydroxylation sites is 2. The lowest BCUT2D eigenvalue weighted by molar-refractivity contribution is 0.949. The number of aryl methyl sites for hydroxylation is 1.